The minimum Gasteiger partial charge on any atom is -0.387 e. The molecule has 0 bridgehead atoms. The number of benzene rings is 1. The van der Waals surface area contributed by atoms with Crippen LogP contribution in [0.15, 0.2) is 24.3 Å². The van der Waals surface area contributed by atoms with Crippen molar-refractivity contribution >= 4 is 18.3 Å². The molecule has 1 fully saturated rings. The SMILES string of the molecule is Cl.O=C(CC1CNC1)NCC(O)c1cccc(C(F)(F)F)c1. The molecule has 3 N–H and O–H groups in total. The van der Waals surface area contributed by atoms with E-state index in [4.69, 9.17) is 0 Å². The van der Waals surface area contributed by atoms with E-state index < -0.39 is 17.8 Å². The summed E-state index contributed by atoms with van der Waals surface area (Å²) in [5.74, 6) is 0.100. The van der Waals surface area contributed by atoms with Crippen LogP contribution in [-0.4, -0.2) is 30.6 Å². The van der Waals surface area contributed by atoms with Crippen molar-refractivity contribution in [3.05, 3.63) is 35.4 Å². The van der Waals surface area contributed by atoms with E-state index in [0.29, 0.717) is 12.3 Å². The van der Waals surface area contributed by atoms with Crippen molar-refractivity contribution in [1.29, 1.82) is 0 Å². The van der Waals surface area contributed by atoms with E-state index in [-0.39, 0.29) is 30.4 Å². The first-order valence-electron chi connectivity index (χ1n) is 6.69. The molecular formula is C14H18ClF3N2O2. The highest BCUT2D eigenvalue weighted by Crippen LogP contribution is 2.30. The first kappa shape index (κ1) is 18.7. The molecule has 1 aliphatic heterocycles. The van der Waals surface area contributed by atoms with Crippen molar-refractivity contribution in [3.63, 3.8) is 0 Å². The van der Waals surface area contributed by atoms with E-state index in [1.165, 1.54) is 12.1 Å². The lowest BCUT2D eigenvalue weighted by atomic mass is 9.99. The number of amides is 1. The molecule has 8 heteroatoms. The Kier molecular flexibility index (Phi) is 6.65. The maximum atomic E-state index is 12.6. The molecule has 1 amide bonds. The molecule has 1 aromatic carbocycles. The molecule has 124 valence electrons. The van der Waals surface area contributed by atoms with Crippen molar-refractivity contribution in [1.82, 2.24) is 10.6 Å². The van der Waals surface area contributed by atoms with Crippen molar-refractivity contribution < 1.29 is 23.1 Å². The van der Waals surface area contributed by atoms with Crippen LogP contribution in [0.4, 0.5) is 13.2 Å². The highest BCUT2D eigenvalue weighted by atomic mass is 35.5. The maximum absolute atomic E-state index is 12.6. The van der Waals surface area contributed by atoms with Crippen molar-refractivity contribution in [3.8, 4) is 0 Å². The number of nitrogens with one attached hydrogen (secondary N) is 2. The van der Waals surface area contributed by atoms with Gasteiger partial charge in [-0.15, -0.1) is 12.4 Å². The summed E-state index contributed by atoms with van der Waals surface area (Å²) in [7, 11) is 0. The van der Waals surface area contributed by atoms with Crippen LogP contribution in [0.1, 0.15) is 23.7 Å². The third-order valence-corrected chi connectivity index (χ3v) is 3.43. The van der Waals surface area contributed by atoms with E-state index >= 15 is 0 Å². The van der Waals surface area contributed by atoms with E-state index in [1.807, 2.05) is 0 Å². The minimum atomic E-state index is -4.45. The molecule has 0 saturated carbocycles. The Bertz CT molecular complexity index is 507. The standard InChI is InChI=1S/C14H17F3N2O2.ClH/c15-14(16,17)11-3-1-2-10(5-11)12(20)8-19-13(21)4-9-6-18-7-9;/h1-3,5,9,12,18,20H,4,6-8H2,(H,19,21);1H. The molecule has 1 saturated heterocycles. The Morgan fingerprint density at radius 3 is 2.64 bits per heavy atom. The molecule has 0 radical (unpaired) electrons. The molecule has 2 rings (SSSR count). The van der Waals surface area contributed by atoms with Crippen LogP contribution in [-0.2, 0) is 11.0 Å². The van der Waals surface area contributed by atoms with Gasteiger partial charge < -0.3 is 15.7 Å². The first-order chi connectivity index (χ1) is 9.86. The van der Waals surface area contributed by atoms with E-state index in [0.717, 1.165) is 25.2 Å². The molecule has 22 heavy (non-hydrogen) atoms. The quantitative estimate of drug-likeness (QED) is 0.768. The second-order valence-electron chi connectivity index (χ2n) is 5.17. The average Bonchev–Trinajstić information content (AvgIpc) is 2.39. The Morgan fingerprint density at radius 1 is 1.41 bits per heavy atom. The summed E-state index contributed by atoms with van der Waals surface area (Å²) in [6, 6.07) is 4.48. The number of rotatable bonds is 5. The predicted molar refractivity (Wildman–Crippen MR) is 77.6 cm³/mol. The van der Waals surface area contributed by atoms with Gasteiger partial charge in [-0.25, -0.2) is 0 Å². The number of carbonyl (C=O) groups excluding carboxylic acids is 1. The average molecular weight is 339 g/mol. The van der Waals surface area contributed by atoms with Gasteiger partial charge in [0.15, 0.2) is 0 Å². The van der Waals surface area contributed by atoms with Crippen LogP contribution < -0.4 is 10.6 Å². The number of aliphatic hydroxyl groups excluding tert-OH is 1. The van der Waals surface area contributed by atoms with Crippen LogP contribution >= 0.6 is 12.4 Å². The highest BCUT2D eigenvalue weighted by Gasteiger charge is 2.30. The van der Waals surface area contributed by atoms with Gasteiger partial charge in [-0.05, 0) is 36.7 Å². The Balaban J connectivity index is 0.00000242. The van der Waals surface area contributed by atoms with Gasteiger partial charge in [0.05, 0.1) is 11.7 Å². The summed E-state index contributed by atoms with van der Waals surface area (Å²) in [5.41, 5.74) is -0.679. The zero-order valence-electron chi connectivity index (χ0n) is 11.7. The van der Waals surface area contributed by atoms with E-state index in [2.05, 4.69) is 10.6 Å². The molecular weight excluding hydrogens is 321 g/mol. The summed E-state index contributed by atoms with van der Waals surface area (Å²) in [4.78, 5) is 11.6. The molecule has 1 aromatic rings. The van der Waals surface area contributed by atoms with Crippen LogP contribution in [0.3, 0.4) is 0 Å². The van der Waals surface area contributed by atoms with Crippen molar-refractivity contribution in [2.45, 2.75) is 18.7 Å². The summed E-state index contributed by atoms with van der Waals surface area (Å²) in [6.07, 6.45) is -5.24. The summed E-state index contributed by atoms with van der Waals surface area (Å²) in [5, 5.41) is 15.5. The normalized spacial score (nSPS) is 16.4. The predicted octanol–water partition coefficient (Wildman–Crippen LogP) is 1.89. The smallest absolute Gasteiger partial charge is 0.387 e. The highest BCUT2D eigenvalue weighted by molar-refractivity contribution is 5.85. The number of halogens is 4. The van der Waals surface area contributed by atoms with Gasteiger partial charge in [-0.2, -0.15) is 13.2 Å². The van der Waals surface area contributed by atoms with Gasteiger partial charge in [-0.1, -0.05) is 12.1 Å². The Morgan fingerprint density at radius 2 is 2.09 bits per heavy atom. The zero-order chi connectivity index (χ0) is 15.5. The molecule has 0 spiro atoms. The van der Waals surface area contributed by atoms with Crippen molar-refractivity contribution in [2.75, 3.05) is 19.6 Å². The maximum Gasteiger partial charge on any atom is 0.416 e. The molecule has 0 aromatic heterocycles. The van der Waals surface area contributed by atoms with Crippen molar-refractivity contribution in [2.24, 2.45) is 5.92 Å². The number of aliphatic hydroxyl groups is 1. The van der Waals surface area contributed by atoms with Gasteiger partial charge in [0.25, 0.3) is 0 Å². The van der Waals surface area contributed by atoms with E-state index in [9.17, 15) is 23.1 Å². The molecule has 1 atom stereocenters. The number of hydrogen-bond donors (Lipinski definition) is 3. The zero-order valence-corrected chi connectivity index (χ0v) is 12.5. The lowest BCUT2D eigenvalue weighted by Crippen LogP contribution is -2.44. The third kappa shape index (κ3) is 5.15. The van der Waals surface area contributed by atoms with Gasteiger partial charge in [-0.3, -0.25) is 4.79 Å². The van der Waals surface area contributed by atoms with Crippen LogP contribution in [0, 0.1) is 5.92 Å². The fourth-order valence-corrected chi connectivity index (χ4v) is 2.08. The monoisotopic (exact) mass is 338 g/mol. The Hall–Kier alpha value is -1.31. The van der Waals surface area contributed by atoms with Gasteiger partial charge in [0, 0.05) is 13.0 Å². The second-order valence-corrected chi connectivity index (χ2v) is 5.17. The number of alkyl halides is 3. The first-order valence-corrected chi connectivity index (χ1v) is 6.69. The minimum absolute atomic E-state index is 0. The summed E-state index contributed by atoms with van der Waals surface area (Å²) < 4.78 is 37.7. The fraction of sp³-hybridized carbons (Fsp3) is 0.500. The lowest BCUT2D eigenvalue weighted by molar-refractivity contribution is -0.137. The topological polar surface area (TPSA) is 61.4 Å². The number of carbonyl (C=O) groups is 1. The van der Waals surface area contributed by atoms with Crippen LogP contribution in [0.25, 0.3) is 0 Å². The number of hydrogen-bond acceptors (Lipinski definition) is 3. The Labute approximate surface area is 132 Å². The largest absolute Gasteiger partial charge is 0.416 e. The summed E-state index contributed by atoms with van der Waals surface area (Å²) in [6.45, 7) is 1.49. The molecule has 1 unspecified atom stereocenters. The van der Waals surface area contributed by atoms with E-state index in [1.54, 1.807) is 0 Å². The van der Waals surface area contributed by atoms with Gasteiger partial charge in [0.1, 0.15) is 0 Å². The lowest BCUT2D eigenvalue weighted by Gasteiger charge is -2.26. The van der Waals surface area contributed by atoms with Crippen LogP contribution in [0.2, 0.25) is 0 Å². The van der Waals surface area contributed by atoms with Gasteiger partial charge >= 0.3 is 6.18 Å². The van der Waals surface area contributed by atoms with Gasteiger partial charge in [0.2, 0.25) is 5.91 Å². The second kappa shape index (κ2) is 7.80. The molecule has 0 aliphatic carbocycles. The fourth-order valence-electron chi connectivity index (χ4n) is 2.08. The molecule has 4 nitrogen and oxygen atoms in total. The molecule has 1 aliphatic rings. The van der Waals surface area contributed by atoms with Crippen LogP contribution in [0.5, 0.6) is 0 Å². The summed E-state index contributed by atoms with van der Waals surface area (Å²) >= 11 is 0. The third-order valence-electron chi connectivity index (χ3n) is 3.43. The molecule has 1 heterocycles.